The number of hydrogen-bond acceptors (Lipinski definition) is 4. The Bertz CT molecular complexity index is 1240. The van der Waals surface area contributed by atoms with Crippen LogP contribution >= 0.6 is 0 Å². The smallest absolute Gasteiger partial charge is 0.497 e. The largest absolute Gasteiger partial charge is 0.573 e. The van der Waals surface area contributed by atoms with Crippen molar-refractivity contribution in [2.45, 2.75) is 12.9 Å². The Labute approximate surface area is 168 Å². The maximum atomic E-state index is 12.4. The highest BCUT2D eigenvalue weighted by molar-refractivity contribution is 5.82. The van der Waals surface area contributed by atoms with E-state index in [4.69, 9.17) is 4.74 Å². The molecule has 2 heterocycles. The molecule has 6 nitrogen and oxygen atoms in total. The number of nitrogens with one attached hydrogen (secondary N) is 1. The topological polar surface area (TPSA) is 69.1 Å². The Balaban J connectivity index is 1.56. The minimum atomic E-state index is -4.72. The number of aromatic amines is 1. The van der Waals surface area contributed by atoms with Crippen LogP contribution in [-0.4, -0.2) is 28.2 Å². The summed E-state index contributed by atoms with van der Waals surface area (Å²) >= 11 is 0. The fraction of sp³-hybridized carbons (Fsp3) is 0.143. The quantitative estimate of drug-likeness (QED) is 0.526. The molecule has 0 bridgehead atoms. The fourth-order valence-electron chi connectivity index (χ4n) is 3.07. The van der Waals surface area contributed by atoms with E-state index in [1.54, 1.807) is 42.3 Å². The van der Waals surface area contributed by atoms with Crippen LogP contribution in [0.15, 0.2) is 65.6 Å². The predicted molar refractivity (Wildman–Crippen MR) is 105 cm³/mol. The van der Waals surface area contributed by atoms with Gasteiger partial charge in [0.2, 0.25) is 0 Å². The number of fused-ring (bicyclic) bond motifs is 1. The third kappa shape index (κ3) is 4.29. The second-order valence-electron chi connectivity index (χ2n) is 6.55. The highest BCUT2D eigenvalue weighted by Crippen LogP contribution is 2.23. The first-order valence-corrected chi connectivity index (χ1v) is 8.90. The maximum absolute atomic E-state index is 12.4. The van der Waals surface area contributed by atoms with Crippen molar-refractivity contribution in [3.8, 4) is 22.9 Å². The van der Waals surface area contributed by atoms with Crippen LogP contribution in [0.1, 0.15) is 5.56 Å². The van der Waals surface area contributed by atoms with Crippen molar-refractivity contribution in [3.05, 3.63) is 76.6 Å². The van der Waals surface area contributed by atoms with Gasteiger partial charge in [0.25, 0.3) is 0 Å². The lowest BCUT2D eigenvalue weighted by atomic mass is 10.1. The van der Waals surface area contributed by atoms with Crippen LogP contribution < -0.4 is 14.9 Å². The first-order chi connectivity index (χ1) is 14.3. The fourth-order valence-corrected chi connectivity index (χ4v) is 3.07. The van der Waals surface area contributed by atoms with E-state index < -0.39 is 6.36 Å². The summed E-state index contributed by atoms with van der Waals surface area (Å²) in [5, 5.41) is 4.99. The number of hydrogen-bond donors (Lipinski definition) is 1. The number of nitrogens with zero attached hydrogens (tertiary/aromatic N) is 2. The molecule has 0 spiro atoms. The van der Waals surface area contributed by atoms with Crippen LogP contribution in [0.5, 0.6) is 11.5 Å². The standard InChI is InChI=1S/C21H16F3N3O3/c1-29-15-6-7-16-18(10-15)25-19(11-20(16)28)17-8-9-27(26-17)12-13-2-4-14(5-3-13)30-21(22,23)24/h2-11H,12H2,1H3,(H,25,28). The summed E-state index contributed by atoms with van der Waals surface area (Å²) in [5.74, 6) is 0.343. The second kappa shape index (κ2) is 7.58. The molecule has 0 atom stereocenters. The third-order valence-electron chi connectivity index (χ3n) is 4.46. The van der Waals surface area contributed by atoms with Crippen molar-refractivity contribution >= 4 is 10.9 Å². The van der Waals surface area contributed by atoms with Gasteiger partial charge in [-0.15, -0.1) is 13.2 Å². The zero-order valence-electron chi connectivity index (χ0n) is 15.7. The summed E-state index contributed by atoms with van der Waals surface area (Å²) in [5.41, 5.74) is 2.35. The molecule has 154 valence electrons. The average molecular weight is 415 g/mol. The molecule has 0 radical (unpaired) electrons. The Hall–Kier alpha value is -3.75. The van der Waals surface area contributed by atoms with Gasteiger partial charge in [-0.05, 0) is 35.9 Å². The lowest BCUT2D eigenvalue weighted by Crippen LogP contribution is -2.17. The van der Waals surface area contributed by atoms with Gasteiger partial charge in [-0.25, -0.2) is 0 Å². The molecule has 0 aliphatic heterocycles. The van der Waals surface area contributed by atoms with Crippen molar-refractivity contribution in [3.63, 3.8) is 0 Å². The van der Waals surface area contributed by atoms with E-state index in [0.29, 0.717) is 34.6 Å². The van der Waals surface area contributed by atoms with Gasteiger partial charge >= 0.3 is 6.36 Å². The molecule has 0 fully saturated rings. The molecular weight excluding hydrogens is 399 g/mol. The molecule has 0 saturated heterocycles. The molecule has 4 aromatic rings. The summed E-state index contributed by atoms with van der Waals surface area (Å²) in [6.45, 7) is 0.345. The average Bonchev–Trinajstić information content (AvgIpc) is 3.16. The van der Waals surface area contributed by atoms with E-state index in [-0.39, 0.29) is 11.2 Å². The molecule has 0 aliphatic carbocycles. The van der Waals surface area contributed by atoms with Crippen LogP contribution in [0.3, 0.4) is 0 Å². The summed E-state index contributed by atoms with van der Waals surface area (Å²) in [4.78, 5) is 15.6. The molecule has 2 aromatic heterocycles. The molecule has 0 saturated carbocycles. The molecule has 4 rings (SSSR count). The Morgan fingerprint density at radius 2 is 1.77 bits per heavy atom. The number of methoxy groups -OCH3 is 1. The number of pyridine rings is 1. The van der Waals surface area contributed by atoms with E-state index in [1.807, 2.05) is 0 Å². The number of benzene rings is 2. The van der Waals surface area contributed by atoms with Gasteiger partial charge in [-0.3, -0.25) is 9.48 Å². The molecule has 1 N–H and O–H groups in total. The molecule has 9 heteroatoms. The zero-order chi connectivity index (χ0) is 21.3. The zero-order valence-corrected chi connectivity index (χ0v) is 15.7. The van der Waals surface area contributed by atoms with Crippen molar-refractivity contribution in [1.29, 1.82) is 0 Å². The molecule has 0 amide bonds. The SMILES string of the molecule is COc1ccc2c(=O)cc(-c3ccn(Cc4ccc(OC(F)(F)F)cc4)n3)[nH]c2c1. The molecule has 2 aromatic carbocycles. The van der Waals surface area contributed by atoms with Gasteiger partial charge in [0, 0.05) is 23.7 Å². The summed E-state index contributed by atoms with van der Waals surface area (Å²) in [7, 11) is 1.55. The van der Waals surface area contributed by atoms with E-state index in [0.717, 1.165) is 5.56 Å². The predicted octanol–water partition coefficient (Wildman–Crippen LogP) is 4.35. The number of halogens is 3. The van der Waals surface area contributed by atoms with Crippen molar-refractivity contribution in [2.75, 3.05) is 7.11 Å². The van der Waals surface area contributed by atoms with Crippen molar-refractivity contribution < 1.29 is 22.6 Å². The minimum Gasteiger partial charge on any atom is -0.497 e. The van der Waals surface area contributed by atoms with E-state index >= 15 is 0 Å². The third-order valence-corrected chi connectivity index (χ3v) is 4.46. The number of aromatic nitrogens is 3. The lowest BCUT2D eigenvalue weighted by molar-refractivity contribution is -0.274. The Kier molecular flexibility index (Phi) is 4.94. The molecular formula is C21H16F3N3O3. The minimum absolute atomic E-state index is 0.142. The normalized spacial score (nSPS) is 11.6. The summed E-state index contributed by atoms with van der Waals surface area (Å²) in [6.07, 6.45) is -3.00. The highest BCUT2D eigenvalue weighted by atomic mass is 19.4. The first kappa shape index (κ1) is 19.6. The van der Waals surface area contributed by atoms with Crippen LogP contribution in [-0.2, 0) is 6.54 Å². The van der Waals surface area contributed by atoms with Crippen molar-refractivity contribution in [2.24, 2.45) is 0 Å². The number of H-pyrrole nitrogens is 1. The monoisotopic (exact) mass is 415 g/mol. The van der Waals surface area contributed by atoms with Crippen LogP contribution in [0, 0.1) is 0 Å². The van der Waals surface area contributed by atoms with Gasteiger partial charge in [0.05, 0.1) is 24.9 Å². The maximum Gasteiger partial charge on any atom is 0.573 e. The van der Waals surface area contributed by atoms with Gasteiger partial charge < -0.3 is 14.5 Å². The van der Waals surface area contributed by atoms with Crippen molar-refractivity contribution in [1.82, 2.24) is 14.8 Å². The van der Waals surface area contributed by atoms with Gasteiger partial charge in [0.15, 0.2) is 5.43 Å². The van der Waals surface area contributed by atoms with E-state index in [2.05, 4.69) is 14.8 Å². The Morgan fingerprint density at radius 3 is 2.47 bits per heavy atom. The van der Waals surface area contributed by atoms with Gasteiger partial charge in [-0.2, -0.15) is 5.10 Å². The van der Waals surface area contributed by atoms with Crippen LogP contribution in [0.4, 0.5) is 13.2 Å². The van der Waals surface area contributed by atoms with Crippen LogP contribution in [0.2, 0.25) is 0 Å². The summed E-state index contributed by atoms with van der Waals surface area (Å²) in [6, 6.07) is 13.9. The van der Waals surface area contributed by atoms with Gasteiger partial charge in [0.1, 0.15) is 17.2 Å². The molecule has 30 heavy (non-hydrogen) atoms. The molecule has 0 unspecified atom stereocenters. The number of ether oxygens (including phenoxy) is 2. The summed E-state index contributed by atoms with van der Waals surface area (Å²) < 4.78 is 47.5. The number of rotatable bonds is 5. The lowest BCUT2D eigenvalue weighted by Gasteiger charge is -2.09. The number of alkyl halides is 3. The first-order valence-electron chi connectivity index (χ1n) is 8.90. The highest BCUT2D eigenvalue weighted by Gasteiger charge is 2.30. The second-order valence-corrected chi connectivity index (χ2v) is 6.55. The van der Waals surface area contributed by atoms with E-state index in [9.17, 15) is 18.0 Å². The Morgan fingerprint density at radius 1 is 1.03 bits per heavy atom. The molecule has 0 aliphatic rings. The van der Waals surface area contributed by atoms with Gasteiger partial charge in [-0.1, -0.05) is 12.1 Å². The van der Waals surface area contributed by atoms with E-state index in [1.165, 1.54) is 30.3 Å². The van der Waals surface area contributed by atoms with Crippen LogP contribution in [0.25, 0.3) is 22.3 Å².